The predicted octanol–water partition coefficient (Wildman–Crippen LogP) is 1.86. The van der Waals surface area contributed by atoms with Gasteiger partial charge in [-0.05, 0) is 12.3 Å². The summed E-state index contributed by atoms with van der Waals surface area (Å²) in [5.74, 6) is 0.868. The molecule has 0 aromatic carbocycles. The van der Waals surface area contributed by atoms with Crippen LogP contribution in [0.4, 0.5) is 0 Å². The normalized spacial score (nSPS) is 13.1. The number of methoxy groups -OCH3 is 1. The Morgan fingerprint density at radius 1 is 1.53 bits per heavy atom. The first-order chi connectivity index (χ1) is 7.22. The van der Waals surface area contributed by atoms with E-state index in [1.165, 1.54) is 0 Å². The van der Waals surface area contributed by atoms with Gasteiger partial charge in [0.2, 0.25) is 0 Å². The van der Waals surface area contributed by atoms with Crippen LogP contribution in [-0.2, 0) is 23.6 Å². The Morgan fingerprint density at radius 3 is 2.80 bits per heavy atom. The van der Waals surface area contributed by atoms with Crippen LogP contribution in [-0.4, -0.2) is 28.7 Å². The fraction of sp³-hybridized carbons (Fsp3) is 0.800. The van der Waals surface area contributed by atoms with Crippen molar-refractivity contribution in [2.24, 2.45) is 5.92 Å². The summed E-state index contributed by atoms with van der Waals surface area (Å²) in [6, 6.07) is 0. The van der Waals surface area contributed by atoms with Gasteiger partial charge in [-0.25, -0.2) is 4.68 Å². The molecule has 0 aliphatic carbocycles. The first-order valence-corrected chi connectivity index (χ1v) is 5.72. The number of aromatic nitrogens is 3. The van der Waals surface area contributed by atoms with Gasteiger partial charge in [-0.2, -0.15) is 0 Å². The fourth-order valence-corrected chi connectivity index (χ4v) is 1.85. The van der Waals surface area contributed by atoms with Gasteiger partial charge < -0.3 is 4.74 Å². The summed E-state index contributed by atoms with van der Waals surface area (Å²) in [6.07, 6.45) is 0.911. The van der Waals surface area contributed by atoms with Gasteiger partial charge in [0.15, 0.2) is 0 Å². The molecule has 1 atom stereocenters. The van der Waals surface area contributed by atoms with E-state index in [-0.39, 0.29) is 0 Å². The van der Waals surface area contributed by atoms with Gasteiger partial charge in [0.25, 0.3) is 0 Å². The van der Waals surface area contributed by atoms with Gasteiger partial charge in [0, 0.05) is 13.7 Å². The molecule has 0 N–H and O–H groups in total. The van der Waals surface area contributed by atoms with E-state index in [9.17, 15) is 0 Å². The van der Waals surface area contributed by atoms with Gasteiger partial charge in [0.05, 0.1) is 18.2 Å². The molecule has 0 saturated carbocycles. The second kappa shape index (κ2) is 6.08. The zero-order chi connectivity index (χ0) is 11.3. The third-order valence-corrected chi connectivity index (χ3v) is 2.57. The Bertz CT molecular complexity index is 301. The van der Waals surface area contributed by atoms with E-state index in [0.29, 0.717) is 11.8 Å². The van der Waals surface area contributed by atoms with Gasteiger partial charge >= 0.3 is 0 Å². The average molecular weight is 232 g/mol. The maximum Gasteiger partial charge on any atom is 0.101 e. The second-order valence-electron chi connectivity index (χ2n) is 3.71. The fourth-order valence-electron chi connectivity index (χ4n) is 1.64. The van der Waals surface area contributed by atoms with Crippen molar-refractivity contribution in [1.29, 1.82) is 0 Å². The molecule has 0 bridgehead atoms. The molecule has 4 nitrogen and oxygen atoms in total. The van der Waals surface area contributed by atoms with E-state index in [2.05, 4.69) is 24.2 Å². The van der Waals surface area contributed by atoms with Crippen molar-refractivity contribution in [3.05, 3.63) is 11.4 Å². The highest BCUT2D eigenvalue weighted by atomic mass is 35.5. The van der Waals surface area contributed by atoms with Crippen molar-refractivity contribution in [3.8, 4) is 0 Å². The number of rotatable bonds is 6. The lowest BCUT2D eigenvalue weighted by molar-refractivity contribution is 0.148. The molecule has 0 aliphatic heterocycles. The Morgan fingerprint density at radius 2 is 2.27 bits per heavy atom. The lowest BCUT2D eigenvalue weighted by atomic mass is 10.2. The number of halogens is 1. The van der Waals surface area contributed by atoms with Crippen LogP contribution in [0.25, 0.3) is 0 Å². The minimum atomic E-state index is 0.432. The number of nitrogens with zero attached hydrogens (tertiary/aromatic N) is 3. The van der Waals surface area contributed by atoms with Crippen LogP contribution in [0, 0.1) is 5.92 Å². The summed E-state index contributed by atoms with van der Waals surface area (Å²) in [6.45, 7) is 5.79. The molecular weight excluding hydrogens is 214 g/mol. The zero-order valence-electron chi connectivity index (χ0n) is 9.53. The van der Waals surface area contributed by atoms with Gasteiger partial charge in [-0.3, -0.25) is 0 Å². The molecule has 1 aromatic heterocycles. The maximum atomic E-state index is 5.78. The third kappa shape index (κ3) is 3.18. The summed E-state index contributed by atoms with van der Waals surface area (Å²) >= 11 is 5.78. The van der Waals surface area contributed by atoms with Crippen LogP contribution in [0.15, 0.2) is 0 Å². The van der Waals surface area contributed by atoms with E-state index >= 15 is 0 Å². The first kappa shape index (κ1) is 12.5. The minimum Gasteiger partial charge on any atom is -0.384 e. The molecule has 1 unspecified atom stereocenters. The summed E-state index contributed by atoms with van der Waals surface area (Å²) in [5, 5.41) is 8.17. The molecule has 15 heavy (non-hydrogen) atoms. The number of ether oxygens (including phenoxy) is 1. The van der Waals surface area contributed by atoms with Gasteiger partial charge in [-0.15, -0.1) is 16.7 Å². The average Bonchev–Trinajstić information content (AvgIpc) is 2.60. The summed E-state index contributed by atoms with van der Waals surface area (Å²) < 4.78 is 7.03. The summed E-state index contributed by atoms with van der Waals surface area (Å²) in [5.41, 5.74) is 2.02. The molecular formula is C10H18ClN3O. The number of hydrogen-bond donors (Lipinski definition) is 0. The van der Waals surface area contributed by atoms with E-state index in [4.69, 9.17) is 16.3 Å². The molecule has 0 saturated heterocycles. The standard InChI is InChI=1S/C10H18ClN3O/c1-4-10-9(5-11)12-13-14(10)6-8(2)7-15-3/h8H,4-7H2,1-3H3. The van der Waals surface area contributed by atoms with Crippen LogP contribution >= 0.6 is 11.6 Å². The Balaban J connectivity index is 2.71. The van der Waals surface area contributed by atoms with E-state index in [1.54, 1.807) is 7.11 Å². The SMILES string of the molecule is CCc1c(CCl)nnn1CC(C)COC. The Hall–Kier alpha value is -0.610. The summed E-state index contributed by atoms with van der Waals surface area (Å²) in [4.78, 5) is 0. The van der Waals surface area contributed by atoms with Crippen LogP contribution in [0.1, 0.15) is 25.2 Å². The van der Waals surface area contributed by atoms with Gasteiger partial charge in [-0.1, -0.05) is 19.1 Å². The lowest BCUT2D eigenvalue weighted by Gasteiger charge is -2.11. The molecule has 0 radical (unpaired) electrons. The molecule has 5 heteroatoms. The van der Waals surface area contributed by atoms with E-state index < -0.39 is 0 Å². The topological polar surface area (TPSA) is 39.9 Å². The van der Waals surface area contributed by atoms with E-state index in [1.807, 2.05) is 4.68 Å². The van der Waals surface area contributed by atoms with Gasteiger partial charge in [0.1, 0.15) is 5.69 Å². The van der Waals surface area contributed by atoms with Crippen LogP contribution in [0.2, 0.25) is 0 Å². The highest BCUT2D eigenvalue weighted by Crippen LogP contribution is 2.11. The zero-order valence-corrected chi connectivity index (χ0v) is 10.3. The van der Waals surface area contributed by atoms with Crippen LogP contribution in [0.3, 0.4) is 0 Å². The van der Waals surface area contributed by atoms with Crippen molar-refractivity contribution in [2.45, 2.75) is 32.7 Å². The molecule has 0 aliphatic rings. The van der Waals surface area contributed by atoms with Crippen molar-refractivity contribution < 1.29 is 4.74 Å². The first-order valence-electron chi connectivity index (χ1n) is 5.19. The molecule has 1 heterocycles. The van der Waals surface area contributed by atoms with Crippen LogP contribution < -0.4 is 0 Å². The minimum absolute atomic E-state index is 0.432. The third-order valence-electron chi connectivity index (χ3n) is 2.32. The predicted molar refractivity (Wildman–Crippen MR) is 60.0 cm³/mol. The largest absolute Gasteiger partial charge is 0.384 e. The maximum absolute atomic E-state index is 5.78. The second-order valence-corrected chi connectivity index (χ2v) is 3.98. The monoisotopic (exact) mass is 231 g/mol. The number of hydrogen-bond acceptors (Lipinski definition) is 3. The van der Waals surface area contributed by atoms with E-state index in [0.717, 1.165) is 31.0 Å². The molecule has 86 valence electrons. The lowest BCUT2D eigenvalue weighted by Crippen LogP contribution is -2.15. The highest BCUT2D eigenvalue weighted by molar-refractivity contribution is 6.16. The van der Waals surface area contributed by atoms with Crippen LogP contribution in [0.5, 0.6) is 0 Å². The Kier molecular flexibility index (Phi) is 5.05. The van der Waals surface area contributed by atoms with Crippen molar-refractivity contribution >= 4 is 11.6 Å². The molecule has 0 spiro atoms. The van der Waals surface area contributed by atoms with Crippen molar-refractivity contribution in [2.75, 3.05) is 13.7 Å². The summed E-state index contributed by atoms with van der Waals surface area (Å²) in [7, 11) is 1.71. The molecule has 0 fully saturated rings. The quantitative estimate of drug-likeness (QED) is 0.702. The number of alkyl halides is 1. The van der Waals surface area contributed by atoms with Crippen molar-refractivity contribution in [1.82, 2.24) is 15.0 Å². The molecule has 1 aromatic rings. The highest BCUT2D eigenvalue weighted by Gasteiger charge is 2.12. The molecule has 0 amide bonds. The smallest absolute Gasteiger partial charge is 0.101 e. The Labute approximate surface area is 95.6 Å². The van der Waals surface area contributed by atoms with Crippen molar-refractivity contribution in [3.63, 3.8) is 0 Å². The molecule has 1 rings (SSSR count).